The third kappa shape index (κ3) is 3.81. The van der Waals surface area contributed by atoms with Crippen LogP contribution in [0.4, 0.5) is 0 Å². The number of aryl methyl sites for hydroxylation is 1. The molecule has 1 saturated heterocycles. The molecule has 1 heterocycles. The Morgan fingerprint density at radius 3 is 3.00 bits per heavy atom. The first-order chi connectivity index (χ1) is 9.56. The molecule has 1 aliphatic heterocycles. The molecule has 1 N–H and O–H groups in total. The third-order valence-corrected chi connectivity index (χ3v) is 3.42. The predicted octanol–water partition coefficient (Wildman–Crippen LogP) is 1.59. The molecule has 2 rings (SSSR count). The molecule has 1 unspecified atom stereocenters. The minimum atomic E-state index is -0.849. The Hall–Kier alpha value is -1.88. The number of carboxylic acid groups (broad SMARTS) is 1. The number of nitrogens with zero attached hydrogens (tertiary/aromatic N) is 1. The summed E-state index contributed by atoms with van der Waals surface area (Å²) in [7, 11) is 0. The van der Waals surface area contributed by atoms with Crippen LogP contribution >= 0.6 is 0 Å². The topological polar surface area (TPSA) is 66.8 Å². The van der Waals surface area contributed by atoms with E-state index in [9.17, 15) is 9.59 Å². The van der Waals surface area contributed by atoms with Crippen LogP contribution in [0.2, 0.25) is 0 Å². The van der Waals surface area contributed by atoms with Gasteiger partial charge in [0.1, 0.15) is 6.61 Å². The average Bonchev–Trinajstić information content (AvgIpc) is 2.39. The summed E-state index contributed by atoms with van der Waals surface area (Å²) < 4.78 is 5.23. The number of carboxylic acids is 1. The predicted molar refractivity (Wildman–Crippen MR) is 73.2 cm³/mol. The van der Waals surface area contributed by atoms with Gasteiger partial charge in [0.25, 0.3) is 0 Å². The van der Waals surface area contributed by atoms with E-state index in [4.69, 9.17) is 9.84 Å². The van der Waals surface area contributed by atoms with Crippen molar-refractivity contribution in [1.29, 1.82) is 0 Å². The molecule has 1 aromatic rings. The van der Waals surface area contributed by atoms with Crippen molar-refractivity contribution in [1.82, 2.24) is 4.90 Å². The fraction of sp³-hybridized carbons (Fsp3) is 0.467. The molecule has 0 saturated carbocycles. The molecule has 0 aliphatic carbocycles. The summed E-state index contributed by atoms with van der Waals surface area (Å²) in [4.78, 5) is 24.4. The quantitative estimate of drug-likeness (QED) is 0.887. The molecule has 1 aliphatic rings. The van der Waals surface area contributed by atoms with Gasteiger partial charge in [-0.1, -0.05) is 29.8 Å². The molecule has 1 fully saturated rings. The van der Waals surface area contributed by atoms with Crippen LogP contribution in [0.1, 0.15) is 24.0 Å². The number of amides is 1. The van der Waals surface area contributed by atoms with E-state index in [-0.39, 0.29) is 25.0 Å². The average molecular weight is 277 g/mol. The summed E-state index contributed by atoms with van der Waals surface area (Å²) in [5.74, 6) is -0.924. The van der Waals surface area contributed by atoms with Crippen LogP contribution in [0.3, 0.4) is 0 Å². The van der Waals surface area contributed by atoms with Gasteiger partial charge in [-0.2, -0.15) is 0 Å². The van der Waals surface area contributed by atoms with Crippen molar-refractivity contribution in [3.8, 4) is 0 Å². The van der Waals surface area contributed by atoms with Crippen LogP contribution in [0.15, 0.2) is 24.3 Å². The number of ether oxygens (including phenoxy) is 1. The normalized spacial score (nSPS) is 19.1. The Morgan fingerprint density at radius 2 is 2.30 bits per heavy atom. The molecule has 108 valence electrons. The first-order valence-electron chi connectivity index (χ1n) is 6.71. The van der Waals surface area contributed by atoms with Crippen LogP contribution in [0.25, 0.3) is 0 Å². The standard InChI is InChI=1S/C15H19NO4/c1-11-3-2-4-12(7-11)8-16-13(5-6-15(18)19)9-20-10-14(16)17/h2-4,7,13H,5-6,8-10H2,1H3,(H,18,19). The van der Waals surface area contributed by atoms with E-state index in [1.807, 2.05) is 31.2 Å². The summed E-state index contributed by atoms with van der Waals surface area (Å²) in [5.41, 5.74) is 2.20. The van der Waals surface area contributed by atoms with E-state index in [2.05, 4.69) is 0 Å². The maximum absolute atomic E-state index is 12.0. The molecule has 0 bridgehead atoms. The van der Waals surface area contributed by atoms with Crippen molar-refractivity contribution in [3.05, 3.63) is 35.4 Å². The minimum absolute atomic E-state index is 0.0472. The van der Waals surface area contributed by atoms with E-state index < -0.39 is 5.97 Å². The first-order valence-corrected chi connectivity index (χ1v) is 6.71. The highest BCUT2D eigenvalue weighted by Gasteiger charge is 2.28. The summed E-state index contributed by atoms with van der Waals surface area (Å²) >= 11 is 0. The molecular formula is C15H19NO4. The Bertz CT molecular complexity index is 500. The lowest BCUT2D eigenvalue weighted by atomic mass is 10.1. The van der Waals surface area contributed by atoms with Gasteiger partial charge in [0.15, 0.2) is 0 Å². The van der Waals surface area contributed by atoms with Crippen molar-refractivity contribution in [2.75, 3.05) is 13.2 Å². The molecule has 1 aromatic carbocycles. The van der Waals surface area contributed by atoms with Crippen molar-refractivity contribution in [3.63, 3.8) is 0 Å². The molecule has 1 amide bonds. The fourth-order valence-electron chi connectivity index (χ4n) is 2.41. The van der Waals surface area contributed by atoms with Gasteiger partial charge in [-0.3, -0.25) is 9.59 Å². The summed E-state index contributed by atoms with van der Waals surface area (Å²) in [6.07, 6.45) is 0.471. The SMILES string of the molecule is Cc1cccc(CN2C(=O)COCC2CCC(=O)O)c1. The van der Waals surface area contributed by atoms with Gasteiger partial charge in [-0.15, -0.1) is 0 Å². The number of carbonyl (C=O) groups is 2. The monoisotopic (exact) mass is 277 g/mol. The van der Waals surface area contributed by atoms with Gasteiger partial charge in [0, 0.05) is 13.0 Å². The molecule has 0 radical (unpaired) electrons. The second-order valence-corrected chi connectivity index (χ2v) is 5.11. The van der Waals surface area contributed by atoms with Gasteiger partial charge in [0.05, 0.1) is 12.6 Å². The first kappa shape index (κ1) is 14.5. The number of hydrogen-bond acceptors (Lipinski definition) is 3. The number of morpholine rings is 1. The van der Waals surface area contributed by atoms with Crippen LogP contribution in [-0.4, -0.2) is 41.1 Å². The van der Waals surface area contributed by atoms with E-state index in [0.29, 0.717) is 19.6 Å². The van der Waals surface area contributed by atoms with Gasteiger partial charge < -0.3 is 14.7 Å². The highest BCUT2D eigenvalue weighted by atomic mass is 16.5. The van der Waals surface area contributed by atoms with Gasteiger partial charge >= 0.3 is 5.97 Å². The van der Waals surface area contributed by atoms with Crippen LogP contribution in [0, 0.1) is 6.92 Å². The lowest BCUT2D eigenvalue weighted by molar-refractivity contribution is -0.151. The second-order valence-electron chi connectivity index (χ2n) is 5.11. The largest absolute Gasteiger partial charge is 0.481 e. The van der Waals surface area contributed by atoms with Gasteiger partial charge in [0.2, 0.25) is 5.91 Å². The molecule has 0 spiro atoms. The zero-order chi connectivity index (χ0) is 14.5. The zero-order valence-electron chi connectivity index (χ0n) is 11.5. The Labute approximate surface area is 118 Å². The number of hydrogen-bond donors (Lipinski definition) is 1. The summed E-state index contributed by atoms with van der Waals surface area (Å²) in [6, 6.07) is 7.82. The van der Waals surface area contributed by atoms with Gasteiger partial charge in [-0.25, -0.2) is 0 Å². The smallest absolute Gasteiger partial charge is 0.303 e. The molecular weight excluding hydrogens is 258 g/mol. The highest BCUT2D eigenvalue weighted by molar-refractivity contribution is 5.78. The minimum Gasteiger partial charge on any atom is -0.481 e. The maximum atomic E-state index is 12.0. The molecule has 20 heavy (non-hydrogen) atoms. The lowest BCUT2D eigenvalue weighted by Crippen LogP contribution is -2.49. The highest BCUT2D eigenvalue weighted by Crippen LogP contribution is 2.17. The fourth-order valence-corrected chi connectivity index (χ4v) is 2.41. The Balaban J connectivity index is 2.07. The molecule has 1 atom stereocenters. The van der Waals surface area contributed by atoms with E-state index >= 15 is 0 Å². The van der Waals surface area contributed by atoms with Crippen molar-refractivity contribution < 1.29 is 19.4 Å². The van der Waals surface area contributed by atoms with Crippen LogP contribution < -0.4 is 0 Å². The summed E-state index contributed by atoms with van der Waals surface area (Å²) in [6.45, 7) is 3.00. The van der Waals surface area contributed by atoms with E-state index in [1.54, 1.807) is 4.90 Å². The van der Waals surface area contributed by atoms with Crippen LogP contribution in [0.5, 0.6) is 0 Å². The number of carbonyl (C=O) groups excluding carboxylic acids is 1. The Kier molecular flexibility index (Phi) is 4.74. The van der Waals surface area contributed by atoms with E-state index in [0.717, 1.165) is 11.1 Å². The molecule has 5 nitrogen and oxygen atoms in total. The Morgan fingerprint density at radius 1 is 1.50 bits per heavy atom. The van der Waals surface area contributed by atoms with Crippen molar-refractivity contribution in [2.45, 2.75) is 32.4 Å². The maximum Gasteiger partial charge on any atom is 0.303 e. The zero-order valence-corrected chi connectivity index (χ0v) is 11.5. The lowest BCUT2D eigenvalue weighted by Gasteiger charge is -2.35. The molecule has 0 aromatic heterocycles. The third-order valence-electron chi connectivity index (χ3n) is 3.42. The van der Waals surface area contributed by atoms with Gasteiger partial charge in [-0.05, 0) is 18.9 Å². The van der Waals surface area contributed by atoms with Crippen LogP contribution in [-0.2, 0) is 20.9 Å². The molecule has 5 heteroatoms. The number of aliphatic carboxylic acids is 1. The van der Waals surface area contributed by atoms with Crippen molar-refractivity contribution in [2.24, 2.45) is 0 Å². The second kappa shape index (κ2) is 6.52. The van der Waals surface area contributed by atoms with E-state index in [1.165, 1.54) is 0 Å². The van der Waals surface area contributed by atoms with Crippen molar-refractivity contribution >= 4 is 11.9 Å². The summed E-state index contributed by atoms with van der Waals surface area (Å²) in [5, 5.41) is 8.78. The number of rotatable bonds is 5. The number of benzene rings is 1.